The Labute approximate surface area is 100 Å². The van der Waals surface area contributed by atoms with Crippen LogP contribution in [0, 0.1) is 12.1 Å². The standard InChI is InChI=1S/C12H16N2O3/c1-8-9-4-7-12(15)13-10(9)5-6-11(8)14(2,16)17-3/h5-6H,4,7H2,1-3H3,(H,13,15). The number of benzene rings is 1. The topological polar surface area (TPSA) is 61.4 Å². The largest absolute Gasteiger partial charge is 0.593 e. The molecule has 0 aromatic heterocycles. The molecule has 0 spiro atoms. The lowest BCUT2D eigenvalue weighted by Gasteiger charge is -2.35. The van der Waals surface area contributed by atoms with Gasteiger partial charge < -0.3 is 10.5 Å². The fourth-order valence-electron chi connectivity index (χ4n) is 2.17. The minimum atomic E-state index is -0.868. The van der Waals surface area contributed by atoms with Crippen molar-refractivity contribution in [2.45, 2.75) is 19.8 Å². The summed E-state index contributed by atoms with van der Waals surface area (Å²) < 4.78 is 0. The van der Waals surface area contributed by atoms with Gasteiger partial charge in [-0.2, -0.15) is 4.81 Å². The van der Waals surface area contributed by atoms with Gasteiger partial charge in [0, 0.05) is 23.7 Å². The number of fused-ring (bicyclic) bond motifs is 1. The zero-order valence-corrected chi connectivity index (χ0v) is 10.2. The summed E-state index contributed by atoms with van der Waals surface area (Å²) in [4.78, 5) is 15.3. The van der Waals surface area contributed by atoms with E-state index in [4.69, 9.17) is 4.84 Å². The van der Waals surface area contributed by atoms with Crippen molar-refractivity contribution in [1.82, 2.24) is 4.81 Å². The van der Waals surface area contributed by atoms with E-state index in [2.05, 4.69) is 5.32 Å². The Morgan fingerprint density at radius 1 is 1.41 bits per heavy atom. The molecule has 1 aromatic carbocycles. The molecule has 0 saturated carbocycles. The van der Waals surface area contributed by atoms with E-state index in [1.54, 1.807) is 12.1 Å². The van der Waals surface area contributed by atoms with E-state index in [0.29, 0.717) is 18.5 Å². The monoisotopic (exact) mass is 236 g/mol. The molecular weight excluding hydrogens is 220 g/mol. The summed E-state index contributed by atoms with van der Waals surface area (Å²) in [5.41, 5.74) is 3.29. The van der Waals surface area contributed by atoms with Crippen molar-refractivity contribution in [2.24, 2.45) is 0 Å². The molecule has 1 amide bonds. The molecule has 17 heavy (non-hydrogen) atoms. The molecule has 0 fully saturated rings. The minimum Gasteiger partial charge on any atom is -0.593 e. The minimum absolute atomic E-state index is 0.0239. The van der Waals surface area contributed by atoms with E-state index in [9.17, 15) is 10.0 Å². The fraction of sp³-hybridized carbons (Fsp3) is 0.417. The first-order valence-corrected chi connectivity index (χ1v) is 5.52. The number of amides is 1. The van der Waals surface area contributed by atoms with Crippen LogP contribution in [0.4, 0.5) is 11.4 Å². The van der Waals surface area contributed by atoms with Crippen molar-refractivity contribution >= 4 is 17.3 Å². The summed E-state index contributed by atoms with van der Waals surface area (Å²) in [7, 11) is 2.82. The summed E-state index contributed by atoms with van der Waals surface area (Å²) in [5, 5.41) is 14.9. The number of anilines is 1. The van der Waals surface area contributed by atoms with Gasteiger partial charge in [-0.1, -0.05) is 0 Å². The molecule has 5 nitrogen and oxygen atoms in total. The fourth-order valence-corrected chi connectivity index (χ4v) is 2.17. The Morgan fingerprint density at radius 2 is 2.12 bits per heavy atom. The third-order valence-corrected chi connectivity index (χ3v) is 3.23. The second-order valence-electron chi connectivity index (χ2n) is 4.31. The third kappa shape index (κ3) is 2.04. The lowest BCUT2D eigenvalue weighted by molar-refractivity contribution is -0.116. The molecule has 0 radical (unpaired) electrons. The Kier molecular flexibility index (Phi) is 2.91. The second kappa shape index (κ2) is 4.10. The molecular formula is C12H16N2O3. The maximum atomic E-state index is 12.1. The second-order valence-corrected chi connectivity index (χ2v) is 4.31. The Morgan fingerprint density at radius 3 is 2.76 bits per heavy atom. The average Bonchev–Trinajstić information content (AvgIpc) is 2.28. The first-order valence-electron chi connectivity index (χ1n) is 5.52. The molecule has 92 valence electrons. The SMILES string of the molecule is CO[N+](C)([O-])c1ccc2c(c1C)CCC(=O)N2. The molecule has 1 N–H and O–H groups in total. The lowest BCUT2D eigenvalue weighted by atomic mass is 9.96. The number of nitrogens with one attached hydrogen (secondary N) is 1. The van der Waals surface area contributed by atoms with Gasteiger partial charge in [-0.15, -0.1) is 0 Å². The van der Waals surface area contributed by atoms with Gasteiger partial charge in [0.2, 0.25) is 5.91 Å². The highest BCUT2D eigenvalue weighted by Crippen LogP contribution is 2.34. The summed E-state index contributed by atoms with van der Waals surface area (Å²) in [6.45, 7) is 1.89. The number of rotatable bonds is 2. The first kappa shape index (κ1) is 12.0. The smallest absolute Gasteiger partial charge is 0.224 e. The van der Waals surface area contributed by atoms with Gasteiger partial charge in [-0.25, -0.2) is 4.84 Å². The summed E-state index contributed by atoms with van der Waals surface area (Å²) in [6, 6.07) is 3.47. The van der Waals surface area contributed by atoms with Crippen LogP contribution in [0.1, 0.15) is 17.5 Å². The van der Waals surface area contributed by atoms with Crippen molar-refractivity contribution in [3.8, 4) is 0 Å². The van der Waals surface area contributed by atoms with Crippen molar-refractivity contribution in [2.75, 3.05) is 19.5 Å². The molecule has 0 saturated heterocycles. The van der Waals surface area contributed by atoms with Crippen molar-refractivity contribution in [3.05, 3.63) is 28.5 Å². The van der Waals surface area contributed by atoms with Crippen LogP contribution in [-0.4, -0.2) is 20.1 Å². The van der Waals surface area contributed by atoms with Crippen LogP contribution in [-0.2, 0) is 16.1 Å². The molecule has 1 aliphatic rings. The lowest BCUT2D eigenvalue weighted by Crippen LogP contribution is -2.37. The van der Waals surface area contributed by atoms with E-state index < -0.39 is 4.81 Å². The van der Waals surface area contributed by atoms with Crippen LogP contribution in [0.25, 0.3) is 0 Å². The van der Waals surface area contributed by atoms with Crippen molar-refractivity contribution in [3.63, 3.8) is 0 Å². The predicted octanol–water partition coefficient (Wildman–Crippen LogP) is 1.88. The molecule has 1 aliphatic heterocycles. The Bertz CT molecular complexity index is 469. The van der Waals surface area contributed by atoms with Gasteiger partial charge in [0.1, 0.15) is 7.05 Å². The van der Waals surface area contributed by atoms with E-state index in [1.807, 2.05) is 6.92 Å². The molecule has 0 aliphatic carbocycles. The van der Waals surface area contributed by atoms with E-state index >= 15 is 0 Å². The quantitative estimate of drug-likeness (QED) is 0.630. The number of nitrogens with zero attached hydrogens (tertiary/aromatic N) is 1. The van der Waals surface area contributed by atoms with Gasteiger partial charge in [0.05, 0.1) is 7.11 Å². The van der Waals surface area contributed by atoms with Gasteiger partial charge in [0.25, 0.3) is 0 Å². The van der Waals surface area contributed by atoms with Gasteiger partial charge in [0.15, 0.2) is 5.69 Å². The Balaban J connectivity index is 2.50. The maximum absolute atomic E-state index is 12.1. The highest BCUT2D eigenvalue weighted by Gasteiger charge is 2.24. The van der Waals surface area contributed by atoms with Gasteiger partial charge in [-0.3, -0.25) is 4.79 Å². The highest BCUT2D eigenvalue weighted by molar-refractivity contribution is 5.94. The first-order chi connectivity index (χ1) is 7.95. The maximum Gasteiger partial charge on any atom is 0.224 e. The van der Waals surface area contributed by atoms with E-state index in [1.165, 1.54) is 14.2 Å². The van der Waals surface area contributed by atoms with E-state index in [-0.39, 0.29) is 5.91 Å². The summed E-state index contributed by atoms with van der Waals surface area (Å²) in [6.07, 6.45) is 1.14. The number of carbonyl (C=O) groups is 1. The molecule has 0 bridgehead atoms. The normalized spacial score (nSPS) is 18.2. The molecule has 1 atom stereocenters. The predicted molar refractivity (Wildman–Crippen MR) is 66.2 cm³/mol. The number of hydrogen-bond acceptors (Lipinski definition) is 3. The molecule has 1 heterocycles. The third-order valence-electron chi connectivity index (χ3n) is 3.23. The average molecular weight is 236 g/mol. The number of quaternary nitrogens is 1. The number of hydrogen-bond donors (Lipinski definition) is 1. The number of carbonyl (C=O) groups excluding carboxylic acids is 1. The zero-order valence-electron chi connectivity index (χ0n) is 10.2. The number of hydroxylamine groups is 2. The van der Waals surface area contributed by atoms with Gasteiger partial charge >= 0.3 is 0 Å². The Hall–Kier alpha value is -1.43. The van der Waals surface area contributed by atoms with Crippen LogP contribution in [0.15, 0.2) is 12.1 Å². The van der Waals surface area contributed by atoms with Crippen LogP contribution >= 0.6 is 0 Å². The van der Waals surface area contributed by atoms with Crippen LogP contribution in [0.2, 0.25) is 0 Å². The van der Waals surface area contributed by atoms with Gasteiger partial charge in [-0.05, 0) is 25.0 Å². The van der Waals surface area contributed by atoms with Crippen LogP contribution in [0.5, 0.6) is 0 Å². The van der Waals surface area contributed by atoms with E-state index in [0.717, 1.165) is 16.8 Å². The van der Waals surface area contributed by atoms with Crippen molar-refractivity contribution in [1.29, 1.82) is 0 Å². The van der Waals surface area contributed by atoms with Crippen LogP contribution < -0.4 is 10.1 Å². The summed E-state index contributed by atoms with van der Waals surface area (Å²) in [5.74, 6) is 0.0239. The molecule has 2 rings (SSSR count). The molecule has 5 heteroatoms. The van der Waals surface area contributed by atoms with Crippen molar-refractivity contribution < 1.29 is 9.63 Å². The molecule has 1 aromatic rings. The zero-order chi connectivity index (χ0) is 12.6. The summed E-state index contributed by atoms with van der Waals surface area (Å²) >= 11 is 0. The van der Waals surface area contributed by atoms with Crippen LogP contribution in [0.3, 0.4) is 0 Å². The highest BCUT2D eigenvalue weighted by atomic mass is 16.9. The molecule has 1 unspecified atom stereocenters.